The van der Waals surface area contributed by atoms with Crippen molar-refractivity contribution in [2.75, 3.05) is 37.7 Å². The molecule has 2 aromatic heterocycles. The standard InChI is InChI=1S/C21H26N4O5/c1-27-20(28-2)17-6-5-14-4-3-9-23-19(14)25(17)21(26)24-18-12-15(7-10-22-18)30-16-8-11-29-13-16/h3-4,7,9-10,12,16-17,20H,5-6,8,11,13H2,1-2H3,(H,22,24,26). The fourth-order valence-electron chi connectivity index (χ4n) is 3.87. The molecule has 2 unspecified atom stereocenters. The molecule has 0 bridgehead atoms. The lowest BCUT2D eigenvalue weighted by Gasteiger charge is -2.38. The van der Waals surface area contributed by atoms with E-state index in [9.17, 15) is 4.79 Å². The Kier molecular flexibility index (Phi) is 6.41. The summed E-state index contributed by atoms with van der Waals surface area (Å²) in [6, 6.07) is 6.64. The zero-order valence-corrected chi connectivity index (χ0v) is 17.1. The molecule has 30 heavy (non-hydrogen) atoms. The molecule has 4 rings (SSSR count). The van der Waals surface area contributed by atoms with Gasteiger partial charge >= 0.3 is 6.03 Å². The highest BCUT2D eigenvalue weighted by molar-refractivity contribution is 6.02. The van der Waals surface area contributed by atoms with E-state index in [0.29, 0.717) is 37.0 Å². The second kappa shape index (κ2) is 9.38. The summed E-state index contributed by atoms with van der Waals surface area (Å²) in [5.74, 6) is 1.63. The van der Waals surface area contributed by atoms with Crippen LogP contribution in [0.5, 0.6) is 5.75 Å². The first-order chi connectivity index (χ1) is 14.7. The maximum atomic E-state index is 13.3. The van der Waals surface area contributed by atoms with E-state index in [1.807, 2.05) is 12.1 Å². The number of carbonyl (C=O) groups excluding carboxylic acids is 1. The van der Waals surface area contributed by atoms with Crippen LogP contribution in [0.3, 0.4) is 0 Å². The van der Waals surface area contributed by atoms with Crippen LogP contribution in [-0.2, 0) is 20.6 Å². The predicted octanol–water partition coefficient (Wildman–Crippen LogP) is 2.62. The number of amides is 2. The van der Waals surface area contributed by atoms with Gasteiger partial charge in [0.1, 0.15) is 23.5 Å². The van der Waals surface area contributed by atoms with Gasteiger partial charge in [0.15, 0.2) is 6.29 Å². The lowest BCUT2D eigenvalue weighted by Crippen LogP contribution is -2.53. The van der Waals surface area contributed by atoms with Crippen molar-refractivity contribution in [2.45, 2.75) is 37.7 Å². The number of anilines is 2. The van der Waals surface area contributed by atoms with Crippen LogP contribution in [0.4, 0.5) is 16.4 Å². The van der Waals surface area contributed by atoms with Crippen molar-refractivity contribution in [1.29, 1.82) is 0 Å². The molecule has 2 atom stereocenters. The van der Waals surface area contributed by atoms with Gasteiger partial charge < -0.3 is 18.9 Å². The summed E-state index contributed by atoms with van der Waals surface area (Å²) in [6.45, 7) is 1.26. The lowest BCUT2D eigenvalue weighted by atomic mass is 9.98. The van der Waals surface area contributed by atoms with Gasteiger partial charge in [-0.15, -0.1) is 0 Å². The molecule has 0 saturated carbocycles. The molecule has 4 heterocycles. The van der Waals surface area contributed by atoms with Crippen molar-refractivity contribution in [2.24, 2.45) is 0 Å². The zero-order valence-electron chi connectivity index (χ0n) is 17.1. The van der Waals surface area contributed by atoms with Crippen molar-refractivity contribution < 1.29 is 23.7 Å². The van der Waals surface area contributed by atoms with Crippen LogP contribution in [0.2, 0.25) is 0 Å². The fourth-order valence-corrected chi connectivity index (χ4v) is 3.87. The molecule has 9 heteroatoms. The Balaban J connectivity index is 1.55. The molecule has 0 aromatic carbocycles. The van der Waals surface area contributed by atoms with Crippen LogP contribution in [0.1, 0.15) is 18.4 Å². The highest BCUT2D eigenvalue weighted by Crippen LogP contribution is 2.31. The Hall–Kier alpha value is -2.75. The number of carbonyl (C=O) groups is 1. The van der Waals surface area contributed by atoms with Crippen LogP contribution in [0.15, 0.2) is 36.7 Å². The minimum atomic E-state index is -0.573. The van der Waals surface area contributed by atoms with Crippen LogP contribution in [-0.4, -0.2) is 61.9 Å². The van der Waals surface area contributed by atoms with Gasteiger partial charge in [0, 0.05) is 39.1 Å². The van der Waals surface area contributed by atoms with E-state index in [-0.39, 0.29) is 18.2 Å². The highest BCUT2D eigenvalue weighted by Gasteiger charge is 2.37. The number of nitrogens with one attached hydrogen (secondary N) is 1. The van der Waals surface area contributed by atoms with Gasteiger partial charge in [0.25, 0.3) is 0 Å². The second-order valence-corrected chi connectivity index (χ2v) is 7.21. The number of fused-ring (bicyclic) bond motifs is 1. The fraction of sp³-hybridized carbons (Fsp3) is 0.476. The summed E-state index contributed by atoms with van der Waals surface area (Å²) in [6.07, 6.45) is 5.04. The Labute approximate surface area is 175 Å². The molecular weight excluding hydrogens is 388 g/mol. The van der Waals surface area contributed by atoms with E-state index < -0.39 is 6.29 Å². The molecule has 0 aliphatic carbocycles. The molecule has 0 spiro atoms. The monoisotopic (exact) mass is 414 g/mol. The molecule has 9 nitrogen and oxygen atoms in total. The molecule has 2 aliphatic heterocycles. The molecule has 0 radical (unpaired) electrons. The number of methoxy groups -OCH3 is 2. The number of pyridine rings is 2. The average molecular weight is 414 g/mol. The van der Waals surface area contributed by atoms with Gasteiger partial charge in [-0.3, -0.25) is 10.2 Å². The van der Waals surface area contributed by atoms with Crippen LogP contribution < -0.4 is 15.0 Å². The van der Waals surface area contributed by atoms with Gasteiger partial charge in [-0.25, -0.2) is 14.8 Å². The third-order valence-corrected chi connectivity index (χ3v) is 5.29. The lowest BCUT2D eigenvalue weighted by molar-refractivity contribution is -0.117. The molecule has 2 aliphatic rings. The molecule has 2 aromatic rings. The zero-order chi connectivity index (χ0) is 20.9. The Morgan fingerprint density at radius 1 is 1.23 bits per heavy atom. The number of hydrogen-bond acceptors (Lipinski definition) is 7. The summed E-state index contributed by atoms with van der Waals surface area (Å²) in [5.41, 5.74) is 1.00. The largest absolute Gasteiger partial charge is 0.488 e. The van der Waals surface area contributed by atoms with Crippen molar-refractivity contribution >= 4 is 17.7 Å². The molecule has 160 valence electrons. The Bertz CT molecular complexity index is 870. The number of aromatic nitrogens is 2. The summed E-state index contributed by atoms with van der Waals surface area (Å²) in [7, 11) is 3.13. The molecular formula is C21H26N4O5. The summed E-state index contributed by atoms with van der Waals surface area (Å²) < 4.78 is 22.2. The van der Waals surface area contributed by atoms with Crippen molar-refractivity contribution in [3.05, 3.63) is 42.2 Å². The molecule has 2 amide bonds. The maximum Gasteiger partial charge on any atom is 0.329 e. The molecule has 1 fully saturated rings. The summed E-state index contributed by atoms with van der Waals surface area (Å²) in [5, 5.41) is 2.86. The number of hydrogen-bond donors (Lipinski definition) is 1. The van der Waals surface area contributed by atoms with Gasteiger partial charge in [-0.05, 0) is 30.5 Å². The van der Waals surface area contributed by atoms with Crippen molar-refractivity contribution in [1.82, 2.24) is 9.97 Å². The number of ether oxygens (including phenoxy) is 4. The van der Waals surface area contributed by atoms with Crippen molar-refractivity contribution in [3.8, 4) is 5.75 Å². The normalized spacial score (nSPS) is 20.8. The number of aryl methyl sites for hydroxylation is 1. The van der Waals surface area contributed by atoms with E-state index in [4.69, 9.17) is 18.9 Å². The molecule has 1 N–H and O–H groups in total. The van der Waals surface area contributed by atoms with Gasteiger partial charge in [0.05, 0.1) is 19.3 Å². The van der Waals surface area contributed by atoms with E-state index in [1.165, 1.54) is 0 Å². The van der Waals surface area contributed by atoms with Gasteiger partial charge in [0.2, 0.25) is 0 Å². The smallest absolute Gasteiger partial charge is 0.329 e. The van der Waals surface area contributed by atoms with E-state index in [1.54, 1.807) is 43.6 Å². The summed E-state index contributed by atoms with van der Waals surface area (Å²) >= 11 is 0. The van der Waals surface area contributed by atoms with E-state index in [0.717, 1.165) is 18.4 Å². The van der Waals surface area contributed by atoms with Gasteiger partial charge in [-0.2, -0.15) is 0 Å². The van der Waals surface area contributed by atoms with Crippen molar-refractivity contribution in [3.63, 3.8) is 0 Å². The third kappa shape index (κ3) is 4.38. The van der Waals surface area contributed by atoms with Crippen LogP contribution in [0.25, 0.3) is 0 Å². The quantitative estimate of drug-likeness (QED) is 0.726. The Morgan fingerprint density at radius 3 is 2.87 bits per heavy atom. The second-order valence-electron chi connectivity index (χ2n) is 7.21. The number of rotatable bonds is 6. The minimum absolute atomic E-state index is 0.0164. The number of nitrogens with zero attached hydrogens (tertiary/aromatic N) is 3. The first kappa shape index (κ1) is 20.5. The predicted molar refractivity (Wildman–Crippen MR) is 110 cm³/mol. The minimum Gasteiger partial charge on any atom is -0.488 e. The van der Waals surface area contributed by atoms with Crippen LogP contribution in [0, 0.1) is 0 Å². The topological polar surface area (TPSA) is 95.0 Å². The highest BCUT2D eigenvalue weighted by atomic mass is 16.7. The molecule has 1 saturated heterocycles. The first-order valence-corrected chi connectivity index (χ1v) is 9.99. The third-order valence-electron chi connectivity index (χ3n) is 5.29. The number of urea groups is 1. The van der Waals surface area contributed by atoms with Crippen LogP contribution >= 0.6 is 0 Å². The Morgan fingerprint density at radius 2 is 2.10 bits per heavy atom. The summed E-state index contributed by atoms with van der Waals surface area (Å²) in [4.78, 5) is 23.6. The SMILES string of the molecule is COC(OC)C1CCc2cccnc2N1C(=O)Nc1cc(OC2CCOC2)ccn1. The van der Waals surface area contributed by atoms with Gasteiger partial charge in [-0.1, -0.05) is 6.07 Å². The van der Waals surface area contributed by atoms with E-state index in [2.05, 4.69) is 15.3 Å². The maximum absolute atomic E-state index is 13.3. The van der Waals surface area contributed by atoms with E-state index >= 15 is 0 Å². The first-order valence-electron chi connectivity index (χ1n) is 9.99. The average Bonchev–Trinajstić information content (AvgIpc) is 3.27.